The molecule has 5 rings (SSSR count). The highest BCUT2D eigenvalue weighted by Crippen LogP contribution is 2.29. The number of hydrogen-bond donors (Lipinski definition) is 3. The number of nitrogen functional groups attached to an aromatic ring is 1. The van der Waals surface area contributed by atoms with Crippen LogP contribution in [0.15, 0.2) is 48.7 Å². The second-order valence-electron chi connectivity index (χ2n) is 9.17. The maximum absolute atomic E-state index is 12.2. The van der Waals surface area contributed by atoms with Gasteiger partial charge in [0.05, 0.1) is 24.4 Å². The van der Waals surface area contributed by atoms with Crippen molar-refractivity contribution in [2.45, 2.75) is 12.8 Å². The van der Waals surface area contributed by atoms with Crippen LogP contribution in [-0.2, 0) is 17.6 Å². The molecule has 0 fully saturated rings. The summed E-state index contributed by atoms with van der Waals surface area (Å²) in [4.78, 5) is 19.1. The first-order valence-corrected chi connectivity index (χ1v) is 12.3. The number of pyridine rings is 1. The van der Waals surface area contributed by atoms with Crippen LogP contribution in [0.4, 0.5) is 5.82 Å². The molecule has 0 atom stereocenters. The van der Waals surface area contributed by atoms with E-state index in [9.17, 15) is 4.79 Å². The lowest BCUT2D eigenvalue weighted by Gasteiger charge is -2.18. The smallest absolute Gasteiger partial charge is 0.255 e. The molecular weight excluding hydrogens is 454 g/mol. The van der Waals surface area contributed by atoms with Gasteiger partial charge in [0, 0.05) is 49.6 Å². The minimum Gasteiger partial charge on any atom is -0.491 e. The van der Waals surface area contributed by atoms with Gasteiger partial charge in [0.15, 0.2) is 0 Å². The Bertz CT molecular complexity index is 1310. The molecule has 0 saturated heterocycles. The number of carbonyl (C=O) groups is 1. The third-order valence-corrected chi connectivity index (χ3v) is 6.89. The molecule has 2 aliphatic rings. The number of fused-ring (bicyclic) bond motifs is 2. The molecule has 1 amide bonds. The van der Waals surface area contributed by atoms with Crippen LogP contribution in [0.3, 0.4) is 0 Å². The summed E-state index contributed by atoms with van der Waals surface area (Å²) in [7, 11) is 1.74. The Kier molecular flexibility index (Phi) is 6.97. The summed E-state index contributed by atoms with van der Waals surface area (Å²) < 4.78 is 11.0. The number of hydrogen-bond acceptors (Lipinski definition) is 7. The van der Waals surface area contributed by atoms with E-state index in [-0.39, 0.29) is 11.6 Å². The van der Waals surface area contributed by atoms with Gasteiger partial charge in [0.25, 0.3) is 5.91 Å². The van der Waals surface area contributed by atoms with Gasteiger partial charge in [-0.15, -0.1) is 0 Å². The summed E-state index contributed by atoms with van der Waals surface area (Å²) in [6.45, 7) is 4.57. The number of anilines is 1. The van der Waals surface area contributed by atoms with Gasteiger partial charge >= 0.3 is 0 Å². The molecule has 0 bridgehead atoms. The molecular formula is C28H31N5O3. The van der Waals surface area contributed by atoms with E-state index in [1.165, 1.54) is 11.1 Å². The Morgan fingerprint density at radius 1 is 1.14 bits per heavy atom. The standard InChI is InChI=1S/C28H31N5O3/c1-35-13-11-33-9-6-18-2-3-19(14-20(18)7-10-33)22-15-24(27(30)32-17-22)26(29)21-4-5-23-25(16-21)36-12-8-31-28(23)34/h2-5,14-17,29H,6-13H2,1H3,(H2,30,32)(H,31,34). The minimum absolute atomic E-state index is 0.172. The van der Waals surface area contributed by atoms with Crippen LogP contribution in [0.5, 0.6) is 5.75 Å². The number of nitrogens with one attached hydrogen (secondary N) is 2. The molecule has 3 heterocycles. The number of ether oxygens (including phenoxy) is 2. The minimum atomic E-state index is -0.172. The lowest BCUT2D eigenvalue weighted by Crippen LogP contribution is -2.29. The van der Waals surface area contributed by atoms with E-state index < -0.39 is 0 Å². The summed E-state index contributed by atoms with van der Waals surface area (Å²) in [5, 5.41) is 11.7. The van der Waals surface area contributed by atoms with E-state index in [2.05, 4.69) is 33.4 Å². The van der Waals surface area contributed by atoms with E-state index >= 15 is 0 Å². The van der Waals surface area contributed by atoms with Gasteiger partial charge in [-0.05, 0) is 47.7 Å². The van der Waals surface area contributed by atoms with Crippen LogP contribution in [0.25, 0.3) is 11.1 Å². The number of carbonyl (C=O) groups excluding carboxylic acids is 1. The Hall–Kier alpha value is -3.75. The first-order valence-electron chi connectivity index (χ1n) is 12.3. The largest absolute Gasteiger partial charge is 0.491 e. The van der Waals surface area contributed by atoms with Gasteiger partial charge in [-0.25, -0.2) is 4.98 Å². The lowest BCUT2D eigenvalue weighted by molar-refractivity contribution is 0.0957. The van der Waals surface area contributed by atoms with E-state index in [1.807, 2.05) is 6.07 Å². The normalized spacial score (nSPS) is 15.6. The van der Waals surface area contributed by atoms with Crippen LogP contribution in [0, 0.1) is 5.41 Å². The van der Waals surface area contributed by atoms with Gasteiger partial charge < -0.3 is 25.4 Å². The van der Waals surface area contributed by atoms with Gasteiger partial charge in [-0.2, -0.15) is 0 Å². The zero-order valence-corrected chi connectivity index (χ0v) is 20.5. The van der Waals surface area contributed by atoms with Crippen molar-refractivity contribution < 1.29 is 14.3 Å². The Labute approximate surface area is 210 Å². The molecule has 1 aromatic heterocycles. The Morgan fingerprint density at radius 2 is 1.97 bits per heavy atom. The second-order valence-corrected chi connectivity index (χ2v) is 9.17. The van der Waals surface area contributed by atoms with Crippen molar-refractivity contribution in [2.75, 3.05) is 52.2 Å². The Morgan fingerprint density at radius 3 is 2.81 bits per heavy atom. The van der Waals surface area contributed by atoms with Crippen molar-refractivity contribution in [3.05, 3.63) is 76.5 Å². The van der Waals surface area contributed by atoms with Gasteiger partial charge in [0.2, 0.25) is 0 Å². The van der Waals surface area contributed by atoms with E-state index in [0.29, 0.717) is 41.4 Å². The zero-order valence-electron chi connectivity index (χ0n) is 20.5. The fourth-order valence-electron chi connectivity index (χ4n) is 4.79. The first kappa shape index (κ1) is 24.0. The highest BCUT2D eigenvalue weighted by Gasteiger charge is 2.20. The third kappa shape index (κ3) is 4.96. The molecule has 3 aromatic rings. The van der Waals surface area contributed by atoms with Crippen molar-refractivity contribution in [3.8, 4) is 16.9 Å². The number of benzene rings is 2. The van der Waals surface area contributed by atoms with E-state index in [4.69, 9.17) is 20.6 Å². The summed E-state index contributed by atoms with van der Waals surface area (Å²) in [6, 6.07) is 13.7. The third-order valence-electron chi connectivity index (χ3n) is 6.89. The Balaban J connectivity index is 1.41. The summed E-state index contributed by atoms with van der Waals surface area (Å²) in [5.41, 5.74) is 12.8. The van der Waals surface area contributed by atoms with Crippen LogP contribution in [-0.4, -0.2) is 68.0 Å². The molecule has 4 N–H and O–H groups in total. The number of amides is 1. The average molecular weight is 486 g/mol. The first-order chi connectivity index (χ1) is 17.5. The van der Waals surface area contributed by atoms with Gasteiger partial charge in [-0.3, -0.25) is 10.2 Å². The zero-order chi connectivity index (χ0) is 25.1. The van der Waals surface area contributed by atoms with Crippen molar-refractivity contribution in [3.63, 3.8) is 0 Å². The van der Waals surface area contributed by atoms with Crippen LogP contribution >= 0.6 is 0 Å². The van der Waals surface area contributed by atoms with Crippen LogP contribution in [0.1, 0.15) is 32.6 Å². The van der Waals surface area contributed by atoms with Crippen molar-refractivity contribution in [2.24, 2.45) is 0 Å². The molecule has 2 aromatic carbocycles. The number of nitrogens with two attached hydrogens (primary N) is 1. The maximum Gasteiger partial charge on any atom is 0.255 e. The summed E-state index contributed by atoms with van der Waals surface area (Å²) in [6.07, 6.45) is 3.77. The number of rotatable bonds is 6. The van der Waals surface area contributed by atoms with Crippen molar-refractivity contribution >= 4 is 17.4 Å². The molecule has 0 saturated carbocycles. The summed E-state index contributed by atoms with van der Waals surface area (Å²) >= 11 is 0. The van der Waals surface area contributed by atoms with Crippen LogP contribution in [0.2, 0.25) is 0 Å². The number of methoxy groups -OCH3 is 1. The average Bonchev–Trinajstić information content (AvgIpc) is 3.22. The molecule has 0 radical (unpaired) electrons. The fourth-order valence-corrected chi connectivity index (χ4v) is 4.79. The number of aromatic nitrogens is 1. The molecule has 8 heteroatoms. The highest BCUT2D eigenvalue weighted by atomic mass is 16.5. The topological polar surface area (TPSA) is 114 Å². The van der Waals surface area contributed by atoms with Gasteiger partial charge in [0.1, 0.15) is 18.2 Å². The molecule has 0 unspecified atom stereocenters. The lowest BCUT2D eigenvalue weighted by atomic mass is 9.95. The second kappa shape index (κ2) is 10.5. The quantitative estimate of drug-likeness (QED) is 0.463. The van der Waals surface area contributed by atoms with Crippen molar-refractivity contribution in [1.82, 2.24) is 15.2 Å². The van der Waals surface area contributed by atoms with Crippen molar-refractivity contribution in [1.29, 1.82) is 5.41 Å². The number of nitrogens with zero attached hydrogens (tertiary/aromatic N) is 2. The predicted octanol–water partition coefficient (Wildman–Crippen LogP) is 2.92. The van der Waals surface area contributed by atoms with Crippen LogP contribution < -0.4 is 15.8 Å². The molecule has 2 aliphatic heterocycles. The molecule has 0 aliphatic carbocycles. The fraction of sp³-hybridized carbons (Fsp3) is 0.321. The monoisotopic (exact) mass is 485 g/mol. The highest BCUT2D eigenvalue weighted by molar-refractivity contribution is 6.14. The van der Waals surface area contributed by atoms with Gasteiger partial charge in [-0.1, -0.05) is 24.3 Å². The molecule has 186 valence electrons. The summed E-state index contributed by atoms with van der Waals surface area (Å²) in [5.74, 6) is 0.593. The SMILES string of the molecule is COCCN1CCc2ccc(-c3cnc(N)c(C(=N)c4ccc5c(c4)OCCNC5=O)c3)cc2CC1. The van der Waals surface area contributed by atoms with E-state index in [0.717, 1.165) is 50.2 Å². The molecule has 0 spiro atoms. The molecule has 36 heavy (non-hydrogen) atoms. The predicted molar refractivity (Wildman–Crippen MR) is 140 cm³/mol. The maximum atomic E-state index is 12.2. The molecule has 8 nitrogen and oxygen atoms in total. The van der Waals surface area contributed by atoms with E-state index in [1.54, 1.807) is 31.5 Å².